The molecule has 1 fully saturated rings. The van der Waals surface area contributed by atoms with Crippen LogP contribution in [-0.4, -0.2) is 57.5 Å². The molecule has 0 saturated carbocycles. The van der Waals surface area contributed by atoms with E-state index >= 15 is 0 Å². The van der Waals surface area contributed by atoms with Crippen LogP contribution >= 0.6 is 0 Å². The van der Waals surface area contributed by atoms with Gasteiger partial charge in [0.2, 0.25) is 10.0 Å². The number of benzene rings is 1. The number of aryl methyl sites for hydroxylation is 1. The van der Waals surface area contributed by atoms with Crippen molar-refractivity contribution in [3.8, 4) is 0 Å². The lowest BCUT2D eigenvalue weighted by Crippen LogP contribution is -2.40. The van der Waals surface area contributed by atoms with E-state index in [0.29, 0.717) is 37.6 Å². The molecule has 27 heavy (non-hydrogen) atoms. The third-order valence-electron chi connectivity index (χ3n) is 3.81. The van der Waals surface area contributed by atoms with Crippen molar-refractivity contribution in [1.29, 1.82) is 0 Å². The van der Waals surface area contributed by atoms with E-state index in [-0.39, 0.29) is 4.90 Å². The first-order chi connectivity index (χ1) is 12.7. The number of nitrogens with zero attached hydrogens (tertiary/aromatic N) is 1. The van der Waals surface area contributed by atoms with E-state index in [0.717, 1.165) is 5.57 Å². The van der Waals surface area contributed by atoms with Crippen molar-refractivity contribution in [3.63, 3.8) is 0 Å². The van der Waals surface area contributed by atoms with Crippen LogP contribution in [0.5, 0.6) is 0 Å². The minimum atomic E-state index is -3.68. The molecule has 148 valence electrons. The number of rotatable bonds is 6. The second kappa shape index (κ2) is 9.12. The van der Waals surface area contributed by atoms with Gasteiger partial charge in [-0.1, -0.05) is 11.6 Å². The van der Waals surface area contributed by atoms with E-state index in [1.165, 1.54) is 16.4 Å². The molecule has 0 aliphatic carbocycles. The summed E-state index contributed by atoms with van der Waals surface area (Å²) >= 11 is 0. The zero-order valence-electron chi connectivity index (χ0n) is 15.6. The number of carbonyl (C=O) groups excluding carboxylic acids is 2. The molecule has 1 aromatic carbocycles. The summed E-state index contributed by atoms with van der Waals surface area (Å²) in [6, 6.07) is 4.64. The third-order valence-corrected chi connectivity index (χ3v) is 5.85. The first-order valence-corrected chi connectivity index (χ1v) is 9.94. The summed E-state index contributed by atoms with van der Waals surface area (Å²) in [6.07, 6.45) is 1.28. The van der Waals surface area contributed by atoms with Gasteiger partial charge in [-0.05, 0) is 38.5 Å². The summed E-state index contributed by atoms with van der Waals surface area (Å²) in [5, 5.41) is 2.55. The van der Waals surface area contributed by atoms with Crippen LogP contribution in [0.1, 0.15) is 19.4 Å². The highest BCUT2D eigenvalue weighted by Crippen LogP contribution is 2.24. The van der Waals surface area contributed by atoms with Gasteiger partial charge in [0.05, 0.1) is 18.1 Å². The van der Waals surface area contributed by atoms with Gasteiger partial charge in [0.25, 0.3) is 5.91 Å². The fraction of sp³-hybridized carbons (Fsp3) is 0.444. The lowest BCUT2D eigenvalue weighted by molar-refractivity contribution is -0.142. The van der Waals surface area contributed by atoms with E-state index in [2.05, 4.69) is 5.32 Å². The molecular weight excluding hydrogens is 372 g/mol. The Kier molecular flexibility index (Phi) is 7.11. The van der Waals surface area contributed by atoms with Gasteiger partial charge in [-0.15, -0.1) is 0 Å². The minimum absolute atomic E-state index is 0.128. The largest absolute Gasteiger partial charge is 0.452 e. The highest BCUT2D eigenvalue weighted by Gasteiger charge is 2.28. The Labute approximate surface area is 159 Å². The Morgan fingerprint density at radius 2 is 1.93 bits per heavy atom. The number of allylic oxidation sites excluding steroid dienone is 1. The van der Waals surface area contributed by atoms with Gasteiger partial charge in [-0.3, -0.25) is 4.79 Å². The number of ether oxygens (including phenoxy) is 2. The second-order valence-electron chi connectivity index (χ2n) is 6.37. The number of sulfonamides is 1. The van der Waals surface area contributed by atoms with Crippen molar-refractivity contribution in [3.05, 3.63) is 35.4 Å². The summed E-state index contributed by atoms with van der Waals surface area (Å²) in [4.78, 5) is 23.5. The molecule has 2 rings (SSSR count). The Morgan fingerprint density at radius 3 is 2.56 bits per heavy atom. The van der Waals surface area contributed by atoms with Crippen LogP contribution in [0, 0.1) is 6.92 Å². The Morgan fingerprint density at radius 1 is 1.26 bits per heavy atom. The molecule has 0 spiro atoms. The van der Waals surface area contributed by atoms with Gasteiger partial charge in [0, 0.05) is 24.9 Å². The van der Waals surface area contributed by atoms with E-state index < -0.39 is 28.5 Å². The molecule has 1 aromatic rings. The van der Waals surface area contributed by atoms with E-state index in [1.807, 2.05) is 0 Å². The smallest absolute Gasteiger partial charge is 0.331 e. The van der Waals surface area contributed by atoms with Crippen molar-refractivity contribution in [1.82, 2.24) is 4.31 Å². The first-order valence-electron chi connectivity index (χ1n) is 8.50. The molecule has 1 aliphatic heterocycles. The van der Waals surface area contributed by atoms with Gasteiger partial charge in [0.15, 0.2) is 6.61 Å². The Bertz CT molecular complexity index is 837. The summed E-state index contributed by atoms with van der Waals surface area (Å²) < 4.78 is 37.1. The maximum absolute atomic E-state index is 12.8. The standard InChI is InChI=1S/C18H24N2O6S/c1-13(2)10-18(22)26-12-17(21)19-15-5-4-14(3)16(11-15)27(23,24)20-6-8-25-9-7-20/h4-5,10-11H,6-9,12H2,1-3H3,(H,19,21). The van der Waals surface area contributed by atoms with Crippen molar-refractivity contribution in [2.45, 2.75) is 25.7 Å². The lowest BCUT2D eigenvalue weighted by Gasteiger charge is -2.26. The topological polar surface area (TPSA) is 102 Å². The number of hydrogen-bond acceptors (Lipinski definition) is 6. The summed E-state index contributed by atoms with van der Waals surface area (Å²) in [5.41, 5.74) is 1.65. The Balaban J connectivity index is 2.09. The molecule has 0 atom stereocenters. The molecule has 1 saturated heterocycles. The number of nitrogens with one attached hydrogen (secondary N) is 1. The fourth-order valence-corrected chi connectivity index (χ4v) is 4.15. The summed E-state index contributed by atoms with van der Waals surface area (Å²) in [6.45, 7) is 6.01. The predicted octanol–water partition coefficient (Wildman–Crippen LogP) is 1.46. The predicted molar refractivity (Wildman–Crippen MR) is 99.8 cm³/mol. The van der Waals surface area contributed by atoms with E-state index in [1.54, 1.807) is 32.9 Å². The van der Waals surface area contributed by atoms with Gasteiger partial charge in [-0.25, -0.2) is 13.2 Å². The molecule has 0 bridgehead atoms. The van der Waals surface area contributed by atoms with Crippen molar-refractivity contribution < 1.29 is 27.5 Å². The fourth-order valence-electron chi connectivity index (χ4n) is 2.49. The molecule has 1 N–H and O–H groups in total. The van der Waals surface area contributed by atoms with Crippen LogP contribution in [0.25, 0.3) is 0 Å². The maximum Gasteiger partial charge on any atom is 0.331 e. The number of esters is 1. The highest BCUT2D eigenvalue weighted by molar-refractivity contribution is 7.89. The molecule has 0 unspecified atom stereocenters. The first kappa shape index (κ1) is 21.1. The minimum Gasteiger partial charge on any atom is -0.452 e. The average Bonchev–Trinajstić information content (AvgIpc) is 2.61. The molecule has 1 aliphatic rings. The van der Waals surface area contributed by atoms with Crippen molar-refractivity contribution in [2.24, 2.45) is 0 Å². The summed E-state index contributed by atoms with van der Waals surface area (Å²) in [7, 11) is -3.68. The Hall–Kier alpha value is -2.23. The maximum atomic E-state index is 12.8. The number of hydrogen-bond donors (Lipinski definition) is 1. The number of anilines is 1. The SMILES string of the molecule is CC(C)=CC(=O)OCC(=O)Nc1ccc(C)c(S(=O)(=O)N2CCOCC2)c1. The van der Waals surface area contributed by atoms with Gasteiger partial charge >= 0.3 is 5.97 Å². The van der Waals surface area contributed by atoms with E-state index in [4.69, 9.17) is 9.47 Å². The number of morpholine rings is 1. The van der Waals surface area contributed by atoms with Crippen LogP contribution in [0.2, 0.25) is 0 Å². The summed E-state index contributed by atoms with van der Waals surface area (Å²) in [5.74, 6) is -1.16. The molecule has 1 heterocycles. The molecule has 0 aromatic heterocycles. The van der Waals surface area contributed by atoms with Crippen molar-refractivity contribution in [2.75, 3.05) is 38.2 Å². The van der Waals surface area contributed by atoms with Crippen LogP contribution in [-0.2, 0) is 29.1 Å². The molecule has 0 radical (unpaired) electrons. The monoisotopic (exact) mass is 396 g/mol. The van der Waals surface area contributed by atoms with Crippen molar-refractivity contribution >= 4 is 27.6 Å². The lowest BCUT2D eigenvalue weighted by atomic mass is 10.2. The number of amides is 1. The molecule has 9 heteroatoms. The van der Waals surface area contributed by atoms with Gasteiger partial charge in [0.1, 0.15) is 0 Å². The van der Waals surface area contributed by atoms with Crippen LogP contribution in [0.3, 0.4) is 0 Å². The second-order valence-corrected chi connectivity index (χ2v) is 8.28. The number of carbonyl (C=O) groups is 2. The quantitative estimate of drug-likeness (QED) is 0.577. The van der Waals surface area contributed by atoms with Crippen LogP contribution < -0.4 is 5.32 Å². The van der Waals surface area contributed by atoms with Gasteiger partial charge < -0.3 is 14.8 Å². The van der Waals surface area contributed by atoms with Crippen LogP contribution in [0.4, 0.5) is 5.69 Å². The van der Waals surface area contributed by atoms with E-state index in [9.17, 15) is 18.0 Å². The zero-order chi connectivity index (χ0) is 20.0. The molecule has 8 nitrogen and oxygen atoms in total. The normalized spacial score (nSPS) is 15.1. The molecular formula is C18H24N2O6S. The highest BCUT2D eigenvalue weighted by atomic mass is 32.2. The van der Waals surface area contributed by atoms with Gasteiger partial charge in [-0.2, -0.15) is 4.31 Å². The third kappa shape index (κ3) is 5.88. The molecule has 1 amide bonds. The average molecular weight is 396 g/mol. The van der Waals surface area contributed by atoms with Crippen LogP contribution in [0.15, 0.2) is 34.7 Å². The zero-order valence-corrected chi connectivity index (χ0v) is 16.5.